The number of aromatic nitrogens is 1. The average molecular weight is 454 g/mol. The van der Waals surface area contributed by atoms with Gasteiger partial charge >= 0.3 is 5.97 Å². The van der Waals surface area contributed by atoms with Crippen LogP contribution in [-0.4, -0.2) is 35.4 Å². The summed E-state index contributed by atoms with van der Waals surface area (Å²) in [5.41, 5.74) is 1.19. The topological polar surface area (TPSA) is 114 Å². The van der Waals surface area contributed by atoms with E-state index in [1.807, 2.05) is 0 Å². The van der Waals surface area contributed by atoms with Gasteiger partial charge in [0.2, 0.25) is 0 Å². The van der Waals surface area contributed by atoms with E-state index in [-0.39, 0.29) is 34.6 Å². The molecule has 9 heteroatoms. The quantitative estimate of drug-likeness (QED) is 0.389. The maximum absolute atomic E-state index is 12.5. The van der Waals surface area contributed by atoms with Crippen molar-refractivity contribution >= 4 is 44.4 Å². The van der Waals surface area contributed by atoms with Crippen LogP contribution in [0.2, 0.25) is 0 Å². The van der Waals surface area contributed by atoms with Crippen LogP contribution in [0, 0.1) is 22.5 Å². The zero-order chi connectivity index (χ0) is 21.2. The summed E-state index contributed by atoms with van der Waals surface area (Å²) in [6.45, 7) is 8.30. The third kappa shape index (κ3) is 4.70. The Bertz CT molecular complexity index is 943. The number of benzene rings is 1. The van der Waals surface area contributed by atoms with Gasteiger partial charge in [0.05, 0.1) is 18.5 Å². The summed E-state index contributed by atoms with van der Waals surface area (Å²) in [6, 6.07) is 1.55. The Labute approximate surface area is 171 Å². The highest BCUT2D eigenvalue weighted by Gasteiger charge is 2.27. The summed E-state index contributed by atoms with van der Waals surface area (Å²) in [4.78, 5) is 38.2. The Morgan fingerprint density at radius 1 is 1.36 bits per heavy atom. The van der Waals surface area contributed by atoms with E-state index >= 15 is 0 Å². The summed E-state index contributed by atoms with van der Waals surface area (Å²) in [6.07, 6.45) is 0.684. The monoisotopic (exact) mass is 453 g/mol. The number of nitro benzene ring substituents is 1. The first kappa shape index (κ1) is 21.9. The number of fused-ring (bicyclic) bond motifs is 1. The predicted octanol–water partition coefficient (Wildman–Crippen LogP) is 4.03. The van der Waals surface area contributed by atoms with Crippen molar-refractivity contribution in [1.82, 2.24) is 10.3 Å². The number of hydrogen-bond acceptors (Lipinski definition) is 5. The molecular weight excluding hydrogens is 430 g/mol. The molecule has 0 saturated heterocycles. The SMILES string of the molecule is COC(=O)Cc1c(C)c([N+](=O)[O-])c2[nH]c(C(=O)NCCC(C)(C)C)cc2c1Br. The number of esters is 1. The van der Waals surface area contributed by atoms with Crippen molar-refractivity contribution in [2.24, 2.45) is 5.41 Å². The molecule has 0 fully saturated rings. The van der Waals surface area contributed by atoms with E-state index in [0.29, 0.717) is 27.5 Å². The molecule has 2 aromatic rings. The fraction of sp³-hybridized carbons (Fsp3) is 0.474. The minimum atomic E-state index is -0.511. The molecule has 28 heavy (non-hydrogen) atoms. The van der Waals surface area contributed by atoms with Gasteiger partial charge in [0.1, 0.15) is 11.2 Å². The predicted molar refractivity (Wildman–Crippen MR) is 110 cm³/mol. The van der Waals surface area contributed by atoms with E-state index < -0.39 is 10.9 Å². The number of ether oxygens (including phenoxy) is 1. The molecule has 0 aliphatic carbocycles. The van der Waals surface area contributed by atoms with E-state index in [4.69, 9.17) is 4.74 Å². The number of rotatable bonds is 6. The van der Waals surface area contributed by atoms with E-state index in [9.17, 15) is 19.7 Å². The second-order valence-corrected chi connectivity index (χ2v) is 8.61. The lowest BCUT2D eigenvalue weighted by molar-refractivity contribution is -0.383. The second kappa shape index (κ2) is 8.30. The molecule has 8 nitrogen and oxygen atoms in total. The molecule has 1 aromatic heterocycles. The van der Waals surface area contributed by atoms with Crippen LogP contribution in [0.1, 0.15) is 48.8 Å². The smallest absolute Gasteiger partial charge is 0.310 e. The zero-order valence-electron chi connectivity index (χ0n) is 16.6. The third-order valence-electron chi connectivity index (χ3n) is 4.50. The minimum Gasteiger partial charge on any atom is -0.469 e. The normalized spacial score (nSPS) is 11.5. The minimum absolute atomic E-state index is 0.0788. The highest BCUT2D eigenvalue weighted by molar-refractivity contribution is 9.10. The standard InChI is InChI=1S/C19H24BrN3O5/c1-10-11(9-14(24)28-5)15(20)12-8-13(22-16(12)17(10)23(26)27)18(25)21-7-6-19(2,3)4/h8,22H,6-7,9H2,1-5H3,(H,21,25). The summed E-state index contributed by atoms with van der Waals surface area (Å²) in [5.74, 6) is -0.845. The van der Waals surface area contributed by atoms with Crippen molar-refractivity contribution in [3.05, 3.63) is 37.5 Å². The molecular formula is C19H24BrN3O5. The second-order valence-electron chi connectivity index (χ2n) is 7.81. The first-order chi connectivity index (χ1) is 13.0. The van der Waals surface area contributed by atoms with E-state index in [1.165, 1.54) is 7.11 Å². The molecule has 1 amide bonds. The van der Waals surface area contributed by atoms with Crippen molar-refractivity contribution < 1.29 is 19.2 Å². The van der Waals surface area contributed by atoms with E-state index in [2.05, 4.69) is 47.0 Å². The maximum atomic E-state index is 12.5. The summed E-state index contributed by atoms with van der Waals surface area (Å²) < 4.78 is 5.22. The van der Waals surface area contributed by atoms with Gasteiger partial charge in [0.15, 0.2) is 0 Å². The van der Waals surface area contributed by atoms with Crippen LogP contribution in [0.3, 0.4) is 0 Å². The summed E-state index contributed by atoms with van der Waals surface area (Å²) >= 11 is 3.43. The number of halogens is 1. The van der Waals surface area contributed by atoms with Gasteiger partial charge in [-0.25, -0.2) is 0 Å². The zero-order valence-corrected chi connectivity index (χ0v) is 18.2. The van der Waals surface area contributed by atoms with Crippen LogP contribution >= 0.6 is 15.9 Å². The largest absolute Gasteiger partial charge is 0.469 e. The van der Waals surface area contributed by atoms with Gasteiger partial charge in [0.25, 0.3) is 11.6 Å². The lowest BCUT2D eigenvalue weighted by Gasteiger charge is -2.17. The molecule has 0 spiro atoms. The Morgan fingerprint density at radius 3 is 2.54 bits per heavy atom. The Morgan fingerprint density at radius 2 is 2.00 bits per heavy atom. The Balaban J connectivity index is 2.49. The summed E-state index contributed by atoms with van der Waals surface area (Å²) in [7, 11) is 1.26. The van der Waals surface area contributed by atoms with Crippen LogP contribution in [-0.2, 0) is 16.0 Å². The van der Waals surface area contributed by atoms with Gasteiger partial charge in [-0.1, -0.05) is 20.8 Å². The molecule has 0 aliphatic rings. The first-order valence-corrected chi connectivity index (χ1v) is 9.58. The lowest BCUT2D eigenvalue weighted by atomic mass is 9.92. The van der Waals surface area contributed by atoms with Crippen LogP contribution in [0.4, 0.5) is 5.69 Å². The fourth-order valence-electron chi connectivity index (χ4n) is 2.90. The van der Waals surface area contributed by atoms with Crippen molar-refractivity contribution in [3.8, 4) is 0 Å². The number of nitro groups is 1. The van der Waals surface area contributed by atoms with Gasteiger partial charge in [-0.05, 0) is 46.3 Å². The van der Waals surface area contributed by atoms with Crippen LogP contribution in [0.5, 0.6) is 0 Å². The third-order valence-corrected chi connectivity index (χ3v) is 5.41. The molecule has 0 atom stereocenters. The first-order valence-electron chi connectivity index (χ1n) is 8.79. The van der Waals surface area contributed by atoms with Crippen LogP contribution in [0.15, 0.2) is 10.5 Å². The van der Waals surface area contributed by atoms with Gasteiger partial charge in [-0.2, -0.15) is 0 Å². The van der Waals surface area contributed by atoms with Crippen molar-refractivity contribution in [2.75, 3.05) is 13.7 Å². The number of amides is 1. The number of methoxy groups -OCH3 is 1. The molecule has 0 saturated carbocycles. The molecule has 1 aromatic carbocycles. The fourth-order valence-corrected chi connectivity index (χ4v) is 3.65. The van der Waals surface area contributed by atoms with Crippen LogP contribution < -0.4 is 5.32 Å². The molecule has 0 aliphatic heterocycles. The molecule has 0 radical (unpaired) electrons. The molecule has 2 N–H and O–H groups in total. The Kier molecular flexibility index (Phi) is 6.48. The number of aromatic amines is 1. The van der Waals surface area contributed by atoms with Gasteiger partial charge in [0, 0.05) is 22.0 Å². The molecule has 0 unspecified atom stereocenters. The number of hydrogen-bond donors (Lipinski definition) is 2. The number of nitrogens with zero attached hydrogens (tertiary/aromatic N) is 1. The van der Waals surface area contributed by atoms with E-state index in [1.54, 1.807) is 13.0 Å². The molecule has 0 bridgehead atoms. The van der Waals surface area contributed by atoms with Crippen LogP contribution in [0.25, 0.3) is 10.9 Å². The maximum Gasteiger partial charge on any atom is 0.310 e. The van der Waals surface area contributed by atoms with E-state index in [0.717, 1.165) is 6.42 Å². The average Bonchev–Trinajstić information content (AvgIpc) is 3.02. The highest BCUT2D eigenvalue weighted by atomic mass is 79.9. The van der Waals surface area contributed by atoms with Gasteiger partial charge < -0.3 is 15.0 Å². The number of H-pyrrole nitrogens is 1. The lowest BCUT2D eigenvalue weighted by Crippen LogP contribution is -2.27. The number of carbonyl (C=O) groups excluding carboxylic acids is 2. The molecule has 152 valence electrons. The highest BCUT2D eigenvalue weighted by Crippen LogP contribution is 2.39. The number of nitrogens with one attached hydrogen (secondary N) is 2. The molecule has 1 heterocycles. The van der Waals surface area contributed by atoms with Crippen molar-refractivity contribution in [1.29, 1.82) is 0 Å². The number of carbonyl (C=O) groups is 2. The summed E-state index contributed by atoms with van der Waals surface area (Å²) in [5, 5.41) is 15.0. The van der Waals surface area contributed by atoms with Crippen molar-refractivity contribution in [2.45, 2.75) is 40.5 Å². The molecule has 2 rings (SSSR count). The van der Waals surface area contributed by atoms with Gasteiger partial charge in [-0.3, -0.25) is 19.7 Å². The van der Waals surface area contributed by atoms with Gasteiger partial charge in [-0.15, -0.1) is 0 Å². The Hall–Kier alpha value is -2.42. The van der Waals surface area contributed by atoms with Crippen molar-refractivity contribution in [3.63, 3.8) is 0 Å².